The summed E-state index contributed by atoms with van der Waals surface area (Å²) in [6, 6.07) is 8.72. The summed E-state index contributed by atoms with van der Waals surface area (Å²) < 4.78 is 12.6. The van der Waals surface area contributed by atoms with E-state index < -0.39 is 12.1 Å². The number of carbonyl (C=O) groups is 1. The Morgan fingerprint density at radius 1 is 1.42 bits per heavy atom. The van der Waals surface area contributed by atoms with E-state index >= 15 is 0 Å². The number of aliphatic carboxylic acids is 1. The molecule has 1 aromatic rings. The molecule has 0 spiro atoms. The van der Waals surface area contributed by atoms with Gasteiger partial charge in [0.2, 0.25) is 6.17 Å². The molecule has 64 valence electrons. The molecule has 0 saturated heterocycles. The Morgan fingerprint density at radius 3 is 2.50 bits per heavy atom. The van der Waals surface area contributed by atoms with Crippen LogP contribution in [0.2, 0.25) is 0 Å². The number of carboxylic acids is 1. The maximum absolute atomic E-state index is 12.6. The molecular formula is C9H9FO2. The van der Waals surface area contributed by atoms with Crippen LogP contribution in [0.5, 0.6) is 0 Å². The summed E-state index contributed by atoms with van der Waals surface area (Å²) in [5.41, 5.74) is 0.701. The van der Waals surface area contributed by atoms with E-state index in [0.29, 0.717) is 5.56 Å². The fraction of sp³-hybridized carbons (Fsp3) is 0.222. The molecule has 1 atom stereocenters. The fourth-order valence-electron chi connectivity index (χ4n) is 0.908. The van der Waals surface area contributed by atoms with Gasteiger partial charge in [-0.05, 0) is 5.56 Å². The highest BCUT2D eigenvalue weighted by molar-refractivity contribution is 5.72. The van der Waals surface area contributed by atoms with Crippen molar-refractivity contribution in [2.75, 3.05) is 0 Å². The Bertz CT molecular complexity index is 258. The topological polar surface area (TPSA) is 37.3 Å². The summed E-state index contributed by atoms with van der Waals surface area (Å²) in [6.45, 7) is 0. The van der Waals surface area contributed by atoms with Crippen LogP contribution < -0.4 is 0 Å². The molecule has 0 aromatic heterocycles. The Balaban J connectivity index is 2.58. The third-order valence-electron chi connectivity index (χ3n) is 1.53. The third-order valence-corrected chi connectivity index (χ3v) is 1.53. The van der Waals surface area contributed by atoms with Gasteiger partial charge in [-0.2, -0.15) is 0 Å². The highest BCUT2D eigenvalue weighted by atomic mass is 18.2. The van der Waals surface area contributed by atoms with Gasteiger partial charge in [0.05, 0.1) is 0 Å². The number of carboxylic acid groups (broad SMARTS) is 1. The summed E-state index contributed by atoms with van der Waals surface area (Å²) >= 11 is 0. The highest BCUT2D eigenvalue weighted by Gasteiger charge is 2.15. The lowest BCUT2D eigenvalue weighted by molar-refractivity contribution is -0.142. The quantitative estimate of drug-likeness (QED) is 0.743. The van der Waals surface area contributed by atoms with Gasteiger partial charge in [-0.1, -0.05) is 30.3 Å². The second-order valence-corrected chi connectivity index (χ2v) is 2.50. The molecule has 0 aliphatic rings. The lowest BCUT2D eigenvalue weighted by atomic mass is 10.1. The maximum Gasteiger partial charge on any atom is 0.338 e. The molecule has 1 aromatic carbocycles. The molecule has 1 rings (SSSR count). The standard InChI is InChI=1S/C9H9FO2/c10-8(9(11)12)6-7-4-2-1-3-5-7/h1-5,8H,6H2,(H,11,12)/t8-/m0/s1/i10-1. The van der Waals surface area contributed by atoms with Crippen LogP contribution in [0.1, 0.15) is 5.56 Å². The third kappa shape index (κ3) is 2.34. The van der Waals surface area contributed by atoms with Crippen LogP contribution in [0.25, 0.3) is 0 Å². The van der Waals surface area contributed by atoms with Gasteiger partial charge in [-0.3, -0.25) is 0 Å². The van der Waals surface area contributed by atoms with Crippen molar-refractivity contribution < 1.29 is 14.3 Å². The van der Waals surface area contributed by atoms with Gasteiger partial charge in [-0.25, -0.2) is 9.18 Å². The number of halogens is 1. The van der Waals surface area contributed by atoms with Crippen molar-refractivity contribution in [1.29, 1.82) is 0 Å². The predicted octanol–water partition coefficient (Wildman–Crippen LogP) is 1.65. The first kappa shape index (κ1) is 8.71. The van der Waals surface area contributed by atoms with Gasteiger partial charge in [0.1, 0.15) is 0 Å². The highest BCUT2D eigenvalue weighted by Crippen LogP contribution is 2.05. The van der Waals surface area contributed by atoms with Crippen LogP contribution in [0, 0.1) is 0 Å². The van der Waals surface area contributed by atoms with Crippen molar-refractivity contribution in [2.45, 2.75) is 12.6 Å². The Hall–Kier alpha value is -1.38. The predicted molar refractivity (Wildman–Crippen MR) is 42.7 cm³/mol. The molecule has 0 aliphatic carbocycles. The van der Waals surface area contributed by atoms with Crippen molar-refractivity contribution in [3.63, 3.8) is 0 Å². The van der Waals surface area contributed by atoms with Crippen molar-refractivity contribution in [3.05, 3.63) is 35.9 Å². The zero-order chi connectivity index (χ0) is 8.97. The van der Waals surface area contributed by atoms with Crippen LogP contribution in [0.4, 0.5) is 4.39 Å². The van der Waals surface area contributed by atoms with E-state index in [1.807, 2.05) is 0 Å². The molecule has 0 saturated carbocycles. The van der Waals surface area contributed by atoms with Crippen LogP contribution in [0.15, 0.2) is 30.3 Å². The van der Waals surface area contributed by atoms with Gasteiger partial charge < -0.3 is 5.11 Å². The smallest absolute Gasteiger partial charge is 0.338 e. The molecule has 0 amide bonds. The average molecular weight is 167 g/mol. The minimum atomic E-state index is -1.80. The van der Waals surface area contributed by atoms with Crippen LogP contribution >= 0.6 is 0 Å². The van der Waals surface area contributed by atoms with E-state index in [2.05, 4.69) is 0 Å². The van der Waals surface area contributed by atoms with Crippen molar-refractivity contribution >= 4 is 5.97 Å². The van der Waals surface area contributed by atoms with Crippen LogP contribution in [0.3, 0.4) is 0 Å². The zero-order valence-electron chi connectivity index (χ0n) is 6.40. The second kappa shape index (κ2) is 3.85. The second-order valence-electron chi connectivity index (χ2n) is 2.50. The molecule has 3 heteroatoms. The van der Waals surface area contributed by atoms with Gasteiger partial charge in [0.25, 0.3) is 0 Å². The van der Waals surface area contributed by atoms with Crippen LogP contribution in [-0.4, -0.2) is 17.2 Å². The lowest BCUT2D eigenvalue weighted by Crippen LogP contribution is -2.16. The number of rotatable bonds is 3. The first-order valence-electron chi connectivity index (χ1n) is 3.61. The molecule has 0 fully saturated rings. The summed E-state index contributed by atoms with van der Waals surface area (Å²) in [5.74, 6) is -1.40. The normalized spacial score (nSPS) is 12.4. The average Bonchev–Trinajstić information content (AvgIpc) is 2.06. The van der Waals surface area contributed by atoms with E-state index in [1.54, 1.807) is 30.3 Å². The molecule has 0 aliphatic heterocycles. The number of hydrogen-bond donors (Lipinski definition) is 1. The monoisotopic (exact) mass is 167 g/mol. The van der Waals surface area contributed by atoms with Crippen molar-refractivity contribution in [1.82, 2.24) is 0 Å². The van der Waals surface area contributed by atoms with Gasteiger partial charge in [0, 0.05) is 6.42 Å². The van der Waals surface area contributed by atoms with E-state index in [-0.39, 0.29) is 6.42 Å². The molecule has 1 N–H and O–H groups in total. The van der Waals surface area contributed by atoms with Gasteiger partial charge >= 0.3 is 5.97 Å². The first-order chi connectivity index (χ1) is 5.70. The molecule has 0 bridgehead atoms. The van der Waals surface area contributed by atoms with E-state index in [0.717, 1.165) is 0 Å². The SMILES string of the molecule is O=C(O)[C@@H]([18F])Cc1ccccc1. The summed E-state index contributed by atoms with van der Waals surface area (Å²) in [5, 5.41) is 8.27. The summed E-state index contributed by atoms with van der Waals surface area (Å²) in [6.07, 6.45) is -1.86. The summed E-state index contributed by atoms with van der Waals surface area (Å²) in [4.78, 5) is 10.1. The first-order valence-corrected chi connectivity index (χ1v) is 3.61. The zero-order valence-corrected chi connectivity index (χ0v) is 6.40. The lowest BCUT2D eigenvalue weighted by Gasteiger charge is -2.01. The van der Waals surface area contributed by atoms with E-state index in [4.69, 9.17) is 5.11 Å². The maximum atomic E-state index is 12.6. The van der Waals surface area contributed by atoms with Crippen molar-refractivity contribution in [3.8, 4) is 0 Å². The van der Waals surface area contributed by atoms with E-state index in [1.165, 1.54) is 0 Å². The number of hydrogen-bond acceptors (Lipinski definition) is 1. The molecule has 0 heterocycles. The molecule has 12 heavy (non-hydrogen) atoms. The molecule has 0 radical (unpaired) electrons. The van der Waals surface area contributed by atoms with E-state index in [9.17, 15) is 9.18 Å². The summed E-state index contributed by atoms with van der Waals surface area (Å²) in [7, 11) is 0. The van der Waals surface area contributed by atoms with Crippen molar-refractivity contribution in [2.24, 2.45) is 0 Å². The van der Waals surface area contributed by atoms with Crippen LogP contribution in [-0.2, 0) is 11.2 Å². The number of alkyl halides is 1. The Labute approximate surface area is 69.6 Å². The Morgan fingerprint density at radius 2 is 2.00 bits per heavy atom. The molecule has 2 nitrogen and oxygen atoms in total. The molecule has 0 unspecified atom stereocenters. The molecular weight excluding hydrogens is 158 g/mol. The van der Waals surface area contributed by atoms with Gasteiger partial charge in [0.15, 0.2) is 0 Å². The minimum Gasteiger partial charge on any atom is -0.479 e. The largest absolute Gasteiger partial charge is 0.479 e. The van der Waals surface area contributed by atoms with Gasteiger partial charge in [-0.15, -0.1) is 0 Å². The fourth-order valence-corrected chi connectivity index (χ4v) is 0.908. The minimum absolute atomic E-state index is 0.0594. The Kier molecular flexibility index (Phi) is 2.80. The number of benzene rings is 1.